The molecule has 158 valence electrons. The first kappa shape index (κ1) is 24.8. The second-order valence-corrected chi connectivity index (χ2v) is 9.33. The summed E-state index contributed by atoms with van der Waals surface area (Å²) >= 11 is 0. The standard InChI is InChI=1S/C24H41NO2P/c1-5-8-10-11-12-16-20-24(19-7-3,22-17-14-13-15-18-22)25(21-9-6-2)23(26)28(4)27/h13-15,17-18H,5-12,16,19-21H2,1-4H3/q+1. The van der Waals surface area contributed by atoms with Gasteiger partial charge in [-0.1, -0.05) is 107 Å². The molecule has 0 aromatic heterocycles. The van der Waals surface area contributed by atoms with Gasteiger partial charge in [0.1, 0.15) is 6.66 Å². The van der Waals surface area contributed by atoms with Gasteiger partial charge >= 0.3 is 13.4 Å². The van der Waals surface area contributed by atoms with Gasteiger partial charge in [-0.2, -0.15) is 0 Å². The highest BCUT2D eigenvalue weighted by Crippen LogP contribution is 2.42. The fraction of sp³-hybridized carbons (Fsp3) is 0.708. The summed E-state index contributed by atoms with van der Waals surface area (Å²) in [6.45, 7) is 8.82. The first-order valence-electron chi connectivity index (χ1n) is 11.3. The third kappa shape index (κ3) is 7.32. The molecule has 1 aromatic rings. The van der Waals surface area contributed by atoms with E-state index < -0.39 is 7.80 Å². The van der Waals surface area contributed by atoms with Crippen molar-refractivity contribution in [3.05, 3.63) is 35.9 Å². The Morgan fingerprint density at radius 3 is 2.04 bits per heavy atom. The lowest BCUT2D eigenvalue weighted by atomic mass is 9.79. The maximum atomic E-state index is 13.1. The van der Waals surface area contributed by atoms with Crippen molar-refractivity contribution in [1.82, 2.24) is 4.90 Å². The maximum absolute atomic E-state index is 13.1. The summed E-state index contributed by atoms with van der Waals surface area (Å²) in [6.07, 6.45) is 12.3. The molecule has 0 saturated carbocycles. The van der Waals surface area contributed by atoms with Crippen molar-refractivity contribution in [3.8, 4) is 0 Å². The van der Waals surface area contributed by atoms with Crippen molar-refractivity contribution in [1.29, 1.82) is 0 Å². The highest BCUT2D eigenvalue weighted by atomic mass is 31.1. The fourth-order valence-electron chi connectivity index (χ4n) is 4.18. The smallest absolute Gasteiger partial charge is 0.290 e. The van der Waals surface area contributed by atoms with E-state index in [-0.39, 0.29) is 11.2 Å². The predicted molar refractivity (Wildman–Crippen MR) is 122 cm³/mol. The van der Waals surface area contributed by atoms with E-state index in [9.17, 15) is 9.36 Å². The monoisotopic (exact) mass is 406 g/mol. The van der Waals surface area contributed by atoms with Crippen molar-refractivity contribution in [2.75, 3.05) is 13.2 Å². The van der Waals surface area contributed by atoms with Crippen LogP contribution < -0.4 is 0 Å². The summed E-state index contributed by atoms with van der Waals surface area (Å²) in [4.78, 5) is 15.0. The van der Waals surface area contributed by atoms with E-state index in [1.807, 2.05) is 11.0 Å². The zero-order chi connectivity index (χ0) is 20.8. The molecule has 1 aromatic carbocycles. The third-order valence-corrected chi connectivity index (χ3v) is 6.45. The number of hydrogen-bond acceptors (Lipinski definition) is 2. The van der Waals surface area contributed by atoms with Gasteiger partial charge in [-0.25, -0.2) is 4.79 Å². The highest BCUT2D eigenvalue weighted by molar-refractivity contribution is 7.62. The van der Waals surface area contributed by atoms with Gasteiger partial charge in [-0.05, 0) is 24.8 Å². The lowest BCUT2D eigenvalue weighted by Crippen LogP contribution is -2.48. The maximum Gasteiger partial charge on any atom is 0.463 e. The number of rotatable bonds is 15. The van der Waals surface area contributed by atoms with Gasteiger partial charge in [0.15, 0.2) is 0 Å². The van der Waals surface area contributed by atoms with Crippen LogP contribution in [-0.4, -0.2) is 23.8 Å². The average Bonchev–Trinajstić information content (AvgIpc) is 2.71. The van der Waals surface area contributed by atoms with Crippen LogP contribution >= 0.6 is 7.80 Å². The van der Waals surface area contributed by atoms with Gasteiger partial charge in [-0.3, -0.25) is 4.90 Å². The van der Waals surface area contributed by atoms with Crippen LogP contribution in [0, 0.1) is 0 Å². The molecule has 0 aliphatic rings. The van der Waals surface area contributed by atoms with E-state index in [2.05, 4.69) is 45.0 Å². The minimum absolute atomic E-state index is 0.174. The van der Waals surface area contributed by atoms with E-state index >= 15 is 0 Å². The molecule has 2 unspecified atom stereocenters. The number of unbranched alkanes of at least 4 members (excludes halogenated alkanes) is 6. The van der Waals surface area contributed by atoms with Gasteiger partial charge < -0.3 is 0 Å². The number of carbonyl (C=O) groups is 1. The van der Waals surface area contributed by atoms with E-state index in [0.29, 0.717) is 6.54 Å². The Hall–Kier alpha value is -1.21. The Morgan fingerprint density at radius 2 is 1.46 bits per heavy atom. The zero-order valence-corrected chi connectivity index (χ0v) is 19.5. The van der Waals surface area contributed by atoms with E-state index in [1.165, 1.54) is 37.7 Å². The number of hydrogen-bond donors (Lipinski definition) is 0. The Labute approximate surface area is 174 Å². The van der Waals surface area contributed by atoms with Crippen LogP contribution in [0.25, 0.3) is 0 Å². The number of nitrogens with zero attached hydrogens (tertiary/aromatic N) is 1. The molecule has 0 aliphatic carbocycles. The van der Waals surface area contributed by atoms with Crippen LogP contribution in [0.2, 0.25) is 0 Å². The minimum Gasteiger partial charge on any atom is -0.290 e. The zero-order valence-electron chi connectivity index (χ0n) is 18.6. The minimum atomic E-state index is -1.87. The molecule has 2 atom stereocenters. The van der Waals surface area contributed by atoms with Crippen molar-refractivity contribution in [3.63, 3.8) is 0 Å². The Balaban J connectivity index is 3.20. The molecule has 0 N–H and O–H groups in total. The van der Waals surface area contributed by atoms with Gasteiger partial charge in [0.2, 0.25) is 0 Å². The lowest BCUT2D eigenvalue weighted by Gasteiger charge is -2.43. The van der Waals surface area contributed by atoms with Crippen molar-refractivity contribution < 1.29 is 9.36 Å². The number of carbonyl (C=O) groups excluding carboxylic acids is 1. The van der Waals surface area contributed by atoms with Gasteiger partial charge in [-0.15, -0.1) is 0 Å². The fourth-order valence-corrected chi connectivity index (χ4v) is 4.81. The molecule has 3 nitrogen and oxygen atoms in total. The summed E-state index contributed by atoms with van der Waals surface area (Å²) in [6, 6.07) is 10.5. The first-order valence-corrected chi connectivity index (χ1v) is 13.0. The molecule has 0 fully saturated rings. The summed E-state index contributed by atoms with van der Waals surface area (Å²) in [5.41, 5.74) is 0.687. The normalized spacial score (nSPS) is 13.8. The predicted octanol–water partition coefficient (Wildman–Crippen LogP) is 8.11. The van der Waals surface area contributed by atoms with Crippen molar-refractivity contribution in [2.24, 2.45) is 0 Å². The number of benzene rings is 1. The van der Waals surface area contributed by atoms with Crippen molar-refractivity contribution in [2.45, 2.75) is 96.9 Å². The molecule has 4 heteroatoms. The molecule has 1 amide bonds. The highest BCUT2D eigenvalue weighted by Gasteiger charge is 2.45. The Kier molecular flexibility index (Phi) is 12.3. The third-order valence-electron chi connectivity index (χ3n) is 5.67. The number of amides is 1. The summed E-state index contributed by atoms with van der Waals surface area (Å²) < 4.78 is 12.2. The Morgan fingerprint density at radius 1 is 0.857 bits per heavy atom. The SMILES string of the molecule is CCCCCCCCC(CCC)(c1ccccc1)N(CCCC)C(=O)[P+](C)=O. The lowest BCUT2D eigenvalue weighted by molar-refractivity contribution is 0.103. The Bertz CT molecular complexity index is 575. The van der Waals surface area contributed by atoms with Crippen LogP contribution in [0.4, 0.5) is 4.79 Å². The largest absolute Gasteiger partial charge is 0.463 e. The molecule has 0 spiro atoms. The second-order valence-electron chi connectivity index (χ2n) is 7.95. The second kappa shape index (κ2) is 13.9. The molecule has 0 radical (unpaired) electrons. The van der Waals surface area contributed by atoms with Crippen LogP contribution in [0.15, 0.2) is 30.3 Å². The summed E-state index contributed by atoms with van der Waals surface area (Å²) in [7, 11) is -1.87. The van der Waals surface area contributed by atoms with E-state index in [1.54, 1.807) is 6.66 Å². The van der Waals surface area contributed by atoms with Crippen LogP contribution in [0.3, 0.4) is 0 Å². The topological polar surface area (TPSA) is 37.4 Å². The van der Waals surface area contributed by atoms with Crippen molar-refractivity contribution >= 4 is 13.4 Å². The molecule has 28 heavy (non-hydrogen) atoms. The molecule has 1 rings (SSSR count). The quantitative estimate of drug-likeness (QED) is 0.218. The first-order chi connectivity index (χ1) is 13.5. The van der Waals surface area contributed by atoms with Gasteiger partial charge in [0.25, 0.3) is 0 Å². The van der Waals surface area contributed by atoms with Crippen LogP contribution in [0.5, 0.6) is 0 Å². The van der Waals surface area contributed by atoms with Gasteiger partial charge in [0.05, 0.1) is 5.54 Å². The van der Waals surface area contributed by atoms with E-state index in [4.69, 9.17) is 0 Å². The molecule has 0 bridgehead atoms. The average molecular weight is 407 g/mol. The molecule has 0 aliphatic heterocycles. The summed E-state index contributed by atoms with van der Waals surface area (Å²) in [5.74, 6) is 0. The molecule has 0 saturated heterocycles. The molecule has 0 heterocycles. The molecular formula is C24H41NO2P+. The van der Waals surface area contributed by atoms with Gasteiger partial charge in [0, 0.05) is 6.54 Å². The van der Waals surface area contributed by atoms with Crippen LogP contribution in [-0.2, 0) is 10.1 Å². The molecular weight excluding hydrogens is 365 g/mol. The van der Waals surface area contributed by atoms with E-state index in [0.717, 1.165) is 38.5 Å². The van der Waals surface area contributed by atoms with Crippen LogP contribution in [0.1, 0.15) is 97.0 Å². The summed E-state index contributed by atoms with van der Waals surface area (Å²) in [5, 5.41) is 0.